The van der Waals surface area contributed by atoms with Gasteiger partial charge in [-0.2, -0.15) is 0 Å². The molecule has 18 heavy (non-hydrogen) atoms. The third-order valence-corrected chi connectivity index (χ3v) is 3.58. The monoisotopic (exact) mass is 252 g/mol. The van der Waals surface area contributed by atoms with Crippen molar-refractivity contribution < 1.29 is 9.50 Å². The molecule has 1 aromatic rings. The van der Waals surface area contributed by atoms with Crippen LogP contribution in [0.25, 0.3) is 0 Å². The number of nitrogens with one attached hydrogen (secondary N) is 1. The van der Waals surface area contributed by atoms with Crippen LogP contribution in [-0.2, 0) is 6.54 Å². The Morgan fingerprint density at radius 2 is 2.33 bits per heavy atom. The number of halogens is 1. The highest BCUT2D eigenvalue weighted by Gasteiger charge is 2.25. The maximum atomic E-state index is 13.5. The molecule has 1 aromatic carbocycles. The normalized spacial score (nSPS) is 23.0. The number of aliphatic hydroxyl groups excluding tert-OH is 1. The summed E-state index contributed by atoms with van der Waals surface area (Å²) >= 11 is 0. The molecule has 0 saturated carbocycles. The molecule has 1 saturated heterocycles. The molecular weight excluding hydrogens is 231 g/mol. The number of aryl methyl sites for hydroxylation is 1. The molecule has 1 fully saturated rings. The van der Waals surface area contributed by atoms with Gasteiger partial charge in [-0.1, -0.05) is 12.1 Å². The maximum absolute atomic E-state index is 13.5. The predicted octanol–water partition coefficient (Wildman–Crippen LogP) is 1.29. The standard InChI is InChI=1S/C14H21FN2O/c1-10-3-4-12(7-13(10)15)9-17-6-5-16-8-14(17)11(2)18/h3-4,7,11,14,16,18H,5-6,8-9H2,1-2H3/t11-,14-/m1/s1. The van der Waals surface area contributed by atoms with Crippen LogP contribution in [0.4, 0.5) is 4.39 Å². The molecule has 1 heterocycles. The van der Waals surface area contributed by atoms with Crippen molar-refractivity contribution >= 4 is 0 Å². The highest BCUT2D eigenvalue weighted by Crippen LogP contribution is 2.15. The van der Waals surface area contributed by atoms with Gasteiger partial charge in [0.25, 0.3) is 0 Å². The van der Waals surface area contributed by atoms with Crippen LogP contribution in [0.15, 0.2) is 18.2 Å². The molecule has 2 atom stereocenters. The van der Waals surface area contributed by atoms with E-state index in [0.29, 0.717) is 12.1 Å². The van der Waals surface area contributed by atoms with E-state index in [1.165, 1.54) is 0 Å². The van der Waals surface area contributed by atoms with E-state index in [2.05, 4.69) is 10.2 Å². The van der Waals surface area contributed by atoms with Gasteiger partial charge in [-0.05, 0) is 31.0 Å². The molecule has 0 aromatic heterocycles. The fourth-order valence-electron chi connectivity index (χ4n) is 2.41. The average Bonchev–Trinajstić information content (AvgIpc) is 2.34. The zero-order valence-electron chi connectivity index (χ0n) is 11.0. The summed E-state index contributed by atoms with van der Waals surface area (Å²) in [6.45, 7) is 6.84. The first-order valence-electron chi connectivity index (χ1n) is 6.46. The highest BCUT2D eigenvalue weighted by molar-refractivity contribution is 5.23. The van der Waals surface area contributed by atoms with Crippen LogP contribution in [0, 0.1) is 12.7 Å². The summed E-state index contributed by atoms with van der Waals surface area (Å²) < 4.78 is 13.5. The molecule has 2 rings (SSSR count). The topological polar surface area (TPSA) is 35.5 Å². The highest BCUT2D eigenvalue weighted by atomic mass is 19.1. The Bertz CT molecular complexity index is 409. The lowest BCUT2D eigenvalue weighted by Crippen LogP contribution is -2.55. The van der Waals surface area contributed by atoms with Crippen molar-refractivity contribution in [1.82, 2.24) is 10.2 Å². The molecule has 0 aliphatic carbocycles. The van der Waals surface area contributed by atoms with Crippen LogP contribution in [0.3, 0.4) is 0 Å². The molecule has 4 heteroatoms. The minimum Gasteiger partial charge on any atom is -0.392 e. The van der Waals surface area contributed by atoms with Gasteiger partial charge >= 0.3 is 0 Å². The maximum Gasteiger partial charge on any atom is 0.126 e. The summed E-state index contributed by atoms with van der Waals surface area (Å²) in [5.41, 5.74) is 1.64. The molecule has 100 valence electrons. The van der Waals surface area contributed by atoms with Crippen LogP contribution in [0.2, 0.25) is 0 Å². The molecule has 1 aliphatic rings. The number of rotatable bonds is 3. The molecule has 0 spiro atoms. The first kappa shape index (κ1) is 13.5. The second-order valence-electron chi connectivity index (χ2n) is 5.07. The minimum atomic E-state index is -0.381. The average molecular weight is 252 g/mol. The van der Waals surface area contributed by atoms with Crippen LogP contribution >= 0.6 is 0 Å². The van der Waals surface area contributed by atoms with Crippen molar-refractivity contribution in [1.29, 1.82) is 0 Å². The number of hydrogen-bond acceptors (Lipinski definition) is 3. The van der Waals surface area contributed by atoms with Crippen molar-refractivity contribution in [3.8, 4) is 0 Å². The predicted molar refractivity (Wildman–Crippen MR) is 69.9 cm³/mol. The second kappa shape index (κ2) is 5.78. The van der Waals surface area contributed by atoms with E-state index in [-0.39, 0.29) is 18.0 Å². The van der Waals surface area contributed by atoms with Crippen molar-refractivity contribution in [3.63, 3.8) is 0 Å². The Balaban J connectivity index is 2.08. The van der Waals surface area contributed by atoms with Gasteiger partial charge in [-0.15, -0.1) is 0 Å². The van der Waals surface area contributed by atoms with E-state index < -0.39 is 0 Å². The fourth-order valence-corrected chi connectivity index (χ4v) is 2.41. The van der Waals surface area contributed by atoms with Gasteiger partial charge in [0.15, 0.2) is 0 Å². The van der Waals surface area contributed by atoms with Gasteiger partial charge in [0.1, 0.15) is 5.82 Å². The number of aliphatic hydroxyl groups is 1. The lowest BCUT2D eigenvalue weighted by Gasteiger charge is -2.37. The quantitative estimate of drug-likeness (QED) is 0.851. The molecular formula is C14H21FN2O. The van der Waals surface area contributed by atoms with E-state index in [9.17, 15) is 9.50 Å². The Kier molecular flexibility index (Phi) is 4.32. The third kappa shape index (κ3) is 3.07. The van der Waals surface area contributed by atoms with Gasteiger partial charge < -0.3 is 10.4 Å². The zero-order chi connectivity index (χ0) is 13.1. The number of hydrogen-bond donors (Lipinski definition) is 2. The number of benzene rings is 1. The van der Waals surface area contributed by atoms with E-state index in [1.54, 1.807) is 19.9 Å². The summed E-state index contributed by atoms with van der Waals surface area (Å²) in [6, 6.07) is 5.46. The first-order valence-corrected chi connectivity index (χ1v) is 6.46. The minimum absolute atomic E-state index is 0.100. The van der Waals surface area contributed by atoms with Gasteiger partial charge in [-0.3, -0.25) is 4.90 Å². The largest absolute Gasteiger partial charge is 0.392 e. The van der Waals surface area contributed by atoms with Crippen LogP contribution in [-0.4, -0.2) is 41.8 Å². The molecule has 2 N–H and O–H groups in total. The summed E-state index contributed by atoms with van der Waals surface area (Å²) in [5, 5.41) is 13.0. The van der Waals surface area contributed by atoms with Crippen molar-refractivity contribution in [3.05, 3.63) is 35.1 Å². The Hall–Kier alpha value is -0.970. The summed E-state index contributed by atoms with van der Waals surface area (Å²) in [5.74, 6) is -0.156. The lowest BCUT2D eigenvalue weighted by atomic mass is 10.1. The van der Waals surface area contributed by atoms with Gasteiger partial charge in [0.2, 0.25) is 0 Å². The molecule has 1 aliphatic heterocycles. The molecule has 0 amide bonds. The Morgan fingerprint density at radius 1 is 1.56 bits per heavy atom. The zero-order valence-corrected chi connectivity index (χ0v) is 11.0. The Labute approximate surface area is 108 Å². The van der Waals surface area contributed by atoms with Gasteiger partial charge in [0.05, 0.1) is 6.10 Å². The summed E-state index contributed by atoms with van der Waals surface area (Å²) in [4.78, 5) is 2.21. The molecule has 0 unspecified atom stereocenters. The van der Waals surface area contributed by atoms with E-state index in [1.807, 2.05) is 12.1 Å². The van der Waals surface area contributed by atoms with Crippen molar-refractivity contribution in [2.24, 2.45) is 0 Å². The smallest absolute Gasteiger partial charge is 0.126 e. The van der Waals surface area contributed by atoms with E-state index >= 15 is 0 Å². The van der Waals surface area contributed by atoms with Crippen LogP contribution in [0.1, 0.15) is 18.1 Å². The number of nitrogens with zero attached hydrogens (tertiary/aromatic N) is 1. The van der Waals surface area contributed by atoms with Gasteiger partial charge in [0, 0.05) is 32.2 Å². The third-order valence-electron chi connectivity index (χ3n) is 3.58. The van der Waals surface area contributed by atoms with E-state index in [4.69, 9.17) is 0 Å². The van der Waals surface area contributed by atoms with Gasteiger partial charge in [-0.25, -0.2) is 4.39 Å². The molecule has 0 radical (unpaired) electrons. The van der Waals surface area contributed by atoms with Crippen LogP contribution < -0.4 is 5.32 Å². The fraction of sp³-hybridized carbons (Fsp3) is 0.571. The Morgan fingerprint density at radius 3 is 3.00 bits per heavy atom. The van der Waals surface area contributed by atoms with Crippen molar-refractivity contribution in [2.45, 2.75) is 32.5 Å². The first-order chi connectivity index (χ1) is 8.58. The van der Waals surface area contributed by atoms with E-state index in [0.717, 1.165) is 25.2 Å². The lowest BCUT2D eigenvalue weighted by molar-refractivity contribution is 0.0405. The SMILES string of the molecule is Cc1ccc(CN2CCNC[C@@H]2[C@@H](C)O)cc1F. The second-order valence-corrected chi connectivity index (χ2v) is 5.07. The summed E-state index contributed by atoms with van der Waals surface area (Å²) in [6.07, 6.45) is -0.381. The molecule has 3 nitrogen and oxygen atoms in total. The number of piperazine rings is 1. The molecule has 0 bridgehead atoms. The van der Waals surface area contributed by atoms with Crippen molar-refractivity contribution in [2.75, 3.05) is 19.6 Å². The van der Waals surface area contributed by atoms with Crippen LogP contribution in [0.5, 0.6) is 0 Å². The summed E-state index contributed by atoms with van der Waals surface area (Å²) in [7, 11) is 0.